The standard InChI is InChI=1S/C10H19NO2/c1-7(2)8-5-4-6-11(3)9(8)10(12)13/h7-9H,4-6H2,1-3H3,(H,12,13)/t8-,9+/m1/s1. The van der Waals surface area contributed by atoms with Crippen LogP contribution in [0.4, 0.5) is 0 Å². The number of aliphatic carboxylic acids is 1. The lowest BCUT2D eigenvalue weighted by Crippen LogP contribution is -2.49. The lowest BCUT2D eigenvalue weighted by Gasteiger charge is -2.38. The summed E-state index contributed by atoms with van der Waals surface area (Å²) in [5.74, 6) is 0.112. The SMILES string of the molecule is CC(C)[C@H]1CCCN(C)[C@@H]1C(=O)O. The molecule has 0 aromatic carbocycles. The monoisotopic (exact) mass is 185 g/mol. The van der Waals surface area contributed by atoms with Crippen LogP contribution in [0, 0.1) is 11.8 Å². The van der Waals surface area contributed by atoms with Crippen molar-refractivity contribution in [1.29, 1.82) is 0 Å². The molecule has 1 saturated heterocycles. The van der Waals surface area contributed by atoms with Crippen molar-refractivity contribution in [2.45, 2.75) is 32.7 Å². The molecule has 2 atom stereocenters. The zero-order chi connectivity index (χ0) is 10.0. The van der Waals surface area contributed by atoms with E-state index in [0.29, 0.717) is 11.8 Å². The molecule has 0 aromatic heterocycles. The highest BCUT2D eigenvalue weighted by Gasteiger charge is 2.36. The Hall–Kier alpha value is -0.570. The maximum atomic E-state index is 11.0. The Labute approximate surface area is 79.7 Å². The molecule has 0 radical (unpaired) electrons. The first-order chi connectivity index (χ1) is 6.04. The molecule has 0 unspecified atom stereocenters. The summed E-state index contributed by atoms with van der Waals surface area (Å²) < 4.78 is 0. The Morgan fingerprint density at radius 2 is 2.15 bits per heavy atom. The number of carboxylic acids is 1. The second-order valence-electron chi connectivity index (χ2n) is 4.31. The number of carboxylic acid groups (broad SMARTS) is 1. The van der Waals surface area contributed by atoms with Gasteiger partial charge in [0, 0.05) is 0 Å². The van der Waals surface area contributed by atoms with E-state index in [1.807, 2.05) is 11.9 Å². The first-order valence-corrected chi connectivity index (χ1v) is 4.97. The van der Waals surface area contributed by atoms with Crippen molar-refractivity contribution in [2.75, 3.05) is 13.6 Å². The molecule has 1 fully saturated rings. The van der Waals surface area contributed by atoms with Gasteiger partial charge in [-0.3, -0.25) is 9.69 Å². The minimum Gasteiger partial charge on any atom is -0.480 e. The Balaban J connectivity index is 2.74. The van der Waals surface area contributed by atoms with E-state index in [1.165, 1.54) is 0 Å². The van der Waals surface area contributed by atoms with E-state index in [2.05, 4.69) is 13.8 Å². The number of piperidine rings is 1. The van der Waals surface area contributed by atoms with Gasteiger partial charge in [0.2, 0.25) is 0 Å². The average Bonchev–Trinajstić information content (AvgIpc) is 2.02. The lowest BCUT2D eigenvalue weighted by atomic mass is 9.81. The number of hydrogen-bond donors (Lipinski definition) is 1. The Morgan fingerprint density at radius 1 is 1.54 bits per heavy atom. The minimum atomic E-state index is -0.666. The molecule has 13 heavy (non-hydrogen) atoms. The average molecular weight is 185 g/mol. The molecule has 3 nitrogen and oxygen atoms in total. The summed E-state index contributed by atoms with van der Waals surface area (Å²) in [6.45, 7) is 5.14. The smallest absolute Gasteiger partial charge is 0.321 e. The van der Waals surface area contributed by atoms with Crippen LogP contribution in [-0.4, -0.2) is 35.6 Å². The van der Waals surface area contributed by atoms with E-state index in [1.54, 1.807) is 0 Å². The van der Waals surface area contributed by atoms with E-state index in [0.717, 1.165) is 19.4 Å². The van der Waals surface area contributed by atoms with Gasteiger partial charge in [0.1, 0.15) is 6.04 Å². The second kappa shape index (κ2) is 4.09. The fourth-order valence-corrected chi connectivity index (χ4v) is 2.27. The predicted molar refractivity (Wildman–Crippen MR) is 51.6 cm³/mol. The summed E-state index contributed by atoms with van der Waals surface area (Å²) in [4.78, 5) is 13.0. The van der Waals surface area contributed by atoms with Crippen molar-refractivity contribution in [3.8, 4) is 0 Å². The molecule has 1 heterocycles. The second-order valence-corrected chi connectivity index (χ2v) is 4.31. The molecule has 1 rings (SSSR count). The highest BCUT2D eigenvalue weighted by Crippen LogP contribution is 2.28. The Morgan fingerprint density at radius 3 is 2.54 bits per heavy atom. The molecular formula is C10H19NO2. The molecule has 0 amide bonds. The molecule has 0 aromatic rings. The van der Waals surface area contributed by atoms with Crippen LogP contribution in [0.2, 0.25) is 0 Å². The number of likely N-dealkylation sites (N-methyl/N-ethyl adjacent to an activating group) is 1. The first kappa shape index (κ1) is 10.5. The molecule has 1 aliphatic rings. The van der Waals surface area contributed by atoms with Crippen LogP contribution in [0.15, 0.2) is 0 Å². The summed E-state index contributed by atoms with van der Waals surface area (Å²) in [5.41, 5.74) is 0. The number of carbonyl (C=O) groups is 1. The summed E-state index contributed by atoms with van der Waals surface area (Å²) in [6, 6.07) is -0.270. The molecule has 1 N–H and O–H groups in total. The van der Waals surface area contributed by atoms with Crippen molar-refractivity contribution in [2.24, 2.45) is 11.8 Å². The van der Waals surface area contributed by atoms with Gasteiger partial charge in [-0.2, -0.15) is 0 Å². The number of rotatable bonds is 2. The first-order valence-electron chi connectivity index (χ1n) is 4.97. The van der Waals surface area contributed by atoms with Gasteiger partial charge in [-0.25, -0.2) is 0 Å². The van der Waals surface area contributed by atoms with E-state index in [9.17, 15) is 4.79 Å². The molecule has 0 bridgehead atoms. The fourth-order valence-electron chi connectivity index (χ4n) is 2.27. The van der Waals surface area contributed by atoms with Crippen LogP contribution in [0.25, 0.3) is 0 Å². The van der Waals surface area contributed by atoms with Crippen LogP contribution in [0.3, 0.4) is 0 Å². The van der Waals surface area contributed by atoms with Crippen LogP contribution in [0.5, 0.6) is 0 Å². The highest BCUT2D eigenvalue weighted by molar-refractivity contribution is 5.74. The van der Waals surface area contributed by atoms with Gasteiger partial charge in [0.25, 0.3) is 0 Å². The third-order valence-corrected chi connectivity index (χ3v) is 3.04. The van der Waals surface area contributed by atoms with Crippen LogP contribution >= 0.6 is 0 Å². The van der Waals surface area contributed by atoms with E-state index < -0.39 is 5.97 Å². The van der Waals surface area contributed by atoms with Crippen LogP contribution < -0.4 is 0 Å². The van der Waals surface area contributed by atoms with Crippen molar-refractivity contribution >= 4 is 5.97 Å². The number of hydrogen-bond acceptors (Lipinski definition) is 2. The molecule has 0 aliphatic carbocycles. The third kappa shape index (κ3) is 2.21. The van der Waals surface area contributed by atoms with Crippen LogP contribution in [0.1, 0.15) is 26.7 Å². The minimum absolute atomic E-state index is 0.270. The van der Waals surface area contributed by atoms with E-state index in [-0.39, 0.29) is 6.04 Å². The lowest BCUT2D eigenvalue weighted by molar-refractivity contribution is -0.147. The van der Waals surface area contributed by atoms with Gasteiger partial charge in [-0.1, -0.05) is 13.8 Å². The van der Waals surface area contributed by atoms with Crippen molar-refractivity contribution in [3.63, 3.8) is 0 Å². The maximum Gasteiger partial charge on any atom is 0.321 e. The quantitative estimate of drug-likeness (QED) is 0.707. The highest BCUT2D eigenvalue weighted by atomic mass is 16.4. The van der Waals surface area contributed by atoms with Gasteiger partial charge in [0.05, 0.1) is 0 Å². The summed E-state index contributed by atoms with van der Waals surface area (Å²) >= 11 is 0. The van der Waals surface area contributed by atoms with Gasteiger partial charge in [-0.15, -0.1) is 0 Å². The van der Waals surface area contributed by atoms with E-state index in [4.69, 9.17) is 5.11 Å². The maximum absolute atomic E-state index is 11.0. The number of likely N-dealkylation sites (tertiary alicyclic amines) is 1. The zero-order valence-corrected chi connectivity index (χ0v) is 8.66. The predicted octanol–water partition coefficient (Wildman–Crippen LogP) is 1.44. The van der Waals surface area contributed by atoms with Crippen molar-refractivity contribution in [1.82, 2.24) is 4.90 Å². The van der Waals surface area contributed by atoms with Crippen LogP contribution in [-0.2, 0) is 4.79 Å². The van der Waals surface area contributed by atoms with Gasteiger partial charge in [-0.05, 0) is 38.3 Å². The summed E-state index contributed by atoms with van der Waals surface area (Å²) in [7, 11) is 1.91. The van der Waals surface area contributed by atoms with Gasteiger partial charge >= 0.3 is 5.97 Å². The molecule has 3 heteroatoms. The summed E-state index contributed by atoms with van der Waals surface area (Å²) in [6.07, 6.45) is 2.18. The normalized spacial score (nSPS) is 30.8. The molecular weight excluding hydrogens is 166 g/mol. The van der Waals surface area contributed by atoms with Crippen molar-refractivity contribution < 1.29 is 9.90 Å². The van der Waals surface area contributed by atoms with E-state index >= 15 is 0 Å². The third-order valence-electron chi connectivity index (χ3n) is 3.04. The fraction of sp³-hybridized carbons (Fsp3) is 0.900. The largest absolute Gasteiger partial charge is 0.480 e. The zero-order valence-electron chi connectivity index (χ0n) is 8.66. The molecule has 0 spiro atoms. The molecule has 76 valence electrons. The topological polar surface area (TPSA) is 40.5 Å². The van der Waals surface area contributed by atoms with Gasteiger partial charge < -0.3 is 5.11 Å². The number of nitrogens with zero attached hydrogens (tertiary/aromatic N) is 1. The summed E-state index contributed by atoms with van der Waals surface area (Å²) in [5, 5.41) is 9.09. The van der Waals surface area contributed by atoms with Gasteiger partial charge in [0.15, 0.2) is 0 Å². The molecule has 0 saturated carbocycles. The van der Waals surface area contributed by atoms with Crippen molar-refractivity contribution in [3.05, 3.63) is 0 Å². The Bertz CT molecular complexity index is 191. The molecule has 1 aliphatic heterocycles. The Kier molecular flexibility index (Phi) is 3.31.